The average molecular weight is 452 g/mol. The highest BCUT2D eigenvalue weighted by atomic mass is 32.2. The number of rotatable bonds is 6. The van der Waals surface area contributed by atoms with Crippen molar-refractivity contribution in [3.05, 3.63) is 77.1 Å². The molecule has 0 bridgehead atoms. The fourth-order valence-corrected chi connectivity index (χ4v) is 5.01. The van der Waals surface area contributed by atoms with Gasteiger partial charge in [0.05, 0.1) is 22.8 Å². The van der Waals surface area contributed by atoms with Gasteiger partial charge in [0.2, 0.25) is 5.91 Å². The molecule has 32 heavy (non-hydrogen) atoms. The van der Waals surface area contributed by atoms with Gasteiger partial charge in [0, 0.05) is 36.8 Å². The number of para-hydroxylation sites is 1. The summed E-state index contributed by atoms with van der Waals surface area (Å²) in [4.78, 5) is 18.9. The van der Waals surface area contributed by atoms with E-state index in [-0.39, 0.29) is 29.6 Å². The predicted octanol–water partition coefficient (Wildman–Crippen LogP) is 2.58. The third-order valence-electron chi connectivity index (χ3n) is 5.52. The van der Waals surface area contributed by atoms with Gasteiger partial charge >= 0.3 is 0 Å². The molecule has 1 aliphatic heterocycles. The van der Waals surface area contributed by atoms with E-state index in [9.17, 15) is 13.2 Å². The van der Waals surface area contributed by atoms with Crippen LogP contribution in [0, 0.1) is 13.8 Å². The summed E-state index contributed by atoms with van der Waals surface area (Å²) < 4.78 is 28.7. The number of benzene rings is 2. The number of sulfonamides is 1. The maximum atomic E-state index is 12.7. The minimum Gasteiger partial charge on any atom is -0.341 e. The minimum atomic E-state index is -3.58. The van der Waals surface area contributed by atoms with Crippen molar-refractivity contribution < 1.29 is 13.2 Å². The van der Waals surface area contributed by atoms with E-state index in [2.05, 4.69) is 14.8 Å². The Balaban J connectivity index is 1.42. The molecule has 2 aromatic carbocycles. The zero-order valence-electron chi connectivity index (χ0n) is 18.2. The van der Waals surface area contributed by atoms with Crippen LogP contribution in [0.1, 0.15) is 28.9 Å². The van der Waals surface area contributed by atoms with Crippen molar-refractivity contribution in [3.8, 4) is 5.69 Å². The molecule has 0 radical (unpaired) electrons. The number of amidine groups is 1. The number of nitrogens with one attached hydrogen (secondary N) is 1. The van der Waals surface area contributed by atoms with Crippen molar-refractivity contribution in [1.82, 2.24) is 19.4 Å². The van der Waals surface area contributed by atoms with E-state index >= 15 is 0 Å². The fraction of sp³-hybridized carbons (Fsp3) is 0.261. The maximum absolute atomic E-state index is 12.7. The number of fused-ring (bicyclic) bond motifs is 1. The monoisotopic (exact) mass is 451 g/mol. The van der Waals surface area contributed by atoms with Crippen molar-refractivity contribution >= 4 is 21.8 Å². The molecule has 1 aliphatic rings. The van der Waals surface area contributed by atoms with Crippen LogP contribution in [0.4, 0.5) is 0 Å². The van der Waals surface area contributed by atoms with Crippen molar-refractivity contribution in [2.24, 2.45) is 4.99 Å². The van der Waals surface area contributed by atoms with E-state index in [0.29, 0.717) is 12.1 Å². The molecule has 166 valence electrons. The van der Waals surface area contributed by atoms with Gasteiger partial charge in [-0.15, -0.1) is 0 Å². The van der Waals surface area contributed by atoms with E-state index in [1.54, 1.807) is 36.2 Å². The Morgan fingerprint density at radius 1 is 1.09 bits per heavy atom. The van der Waals surface area contributed by atoms with Crippen LogP contribution in [0.15, 0.2) is 64.5 Å². The highest BCUT2D eigenvalue weighted by Crippen LogP contribution is 2.22. The van der Waals surface area contributed by atoms with Gasteiger partial charge in [0.25, 0.3) is 10.0 Å². The lowest BCUT2D eigenvalue weighted by Crippen LogP contribution is -2.27. The summed E-state index contributed by atoms with van der Waals surface area (Å²) in [5.74, 6) is 0.210. The Hall–Kier alpha value is -3.46. The zero-order chi connectivity index (χ0) is 22.9. The highest BCUT2D eigenvalue weighted by molar-refractivity contribution is 7.90. The second kappa shape index (κ2) is 8.58. The molecule has 8 nitrogen and oxygen atoms in total. The second-order valence-electron chi connectivity index (χ2n) is 7.73. The number of aryl methyl sites for hydroxylation is 1. The number of aliphatic imine (C=N–C) groups is 1. The quantitative estimate of drug-likeness (QED) is 0.623. The SMILES string of the molecule is Cc1nn(-c2ccccc2)c(C)c1CN(C)C(=O)CCN=C1NS(=O)(=O)c2ccccc21. The summed E-state index contributed by atoms with van der Waals surface area (Å²) in [6, 6.07) is 16.5. The van der Waals surface area contributed by atoms with Crippen LogP contribution in [0.2, 0.25) is 0 Å². The van der Waals surface area contributed by atoms with Crippen LogP contribution in [0.5, 0.6) is 0 Å². The van der Waals surface area contributed by atoms with Gasteiger partial charge in [-0.25, -0.2) is 13.1 Å². The van der Waals surface area contributed by atoms with Crippen LogP contribution in [0.25, 0.3) is 5.69 Å². The Morgan fingerprint density at radius 3 is 2.53 bits per heavy atom. The lowest BCUT2D eigenvalue weighted by atomic mass is 10.1. The topological polar surface area (TPSA) is 96.7 Å². The van der Waals surface area contributed by atoms with Gasteiger partial charge in [-0.2, -0.15) is 5.10 Å². The van der Waals surface area contributed by atoms with Gasteiger partial charge in [-0.1, -0.05) is 30.3 Å². The van der Waals surface area contributed by atoms with Gasteiger partial charge in [-0.3, -0.25) is 14.5 Å². The predicted molar refractivity (Wildman–Crippen MR) is 122 cm³/mol. The molecule has 0 atom stereocenters. The largest absolute Gasteiger partial charge is 0.341 e. The first-order valence-corrected chi connectivity index (χ1v) is 11.8. The molecule has 2 heterocycles. The summed E-state index contributed by atoms with van der Waals surface area (Å²) >= 11 is 0. The highest BCUT2D eigenvalue weighted by Gasteiger charge is 2.30. The molecule has 0 saturated heterocycles. The third kappa shape index (κ3) is 4.16. The molecule has 4 rings (SSSR count). The molecule has 0 spiro atoms. The van der Waals surface area contributed by atoms with Crippen molar-refractivity contribution in [3.63, 3.8) is 0 Å². The summed E-state index contributed by atoms with van der Waals surface area (Å²) in [7, 11) is -1.83. The van der Waals surface area contributed by atoms with E-state index in [1.807, 2.05) is 48.9 Å². The average Bonchev–Trinajstić information content (AvgIpc) is 3.21. The normalized spacial score (nSPS) is 15.4. The lowest BCUT2D eigenvalue weighted by Gasteiger charge is -2.17. The van der Waals surface area contributed by atoms with Gasteiger partial charge < -0.3 is 4.90 Å². The van der Waals surface area contributed by atoms with Crippen molar-refractivity contribution in [2.75, 3.05) is 13.6 Å². The van der Waals surface area contributed by atoms with Gasteiger partial charge in [0.1, 0.15) is 5.84 Å². The van der Waals surface area contributed by atoms with E-state index < -0.39 is 10.0 Å². The number of nitrogens with zero attached hydrogens (tertiary/aromatic N) is 4. The summed E-state index contributed by atoms with van der Waals surface area (Å²) in [6.45, 7) is 4.57. The van der Waals surface area contributed by atoms with E-state index in [1.165, 1.54) is 0 Å². The molecule has 0 fully saturated rings. The molecule has 0 aliphatic carbocycles. The minimum absolute atomic E-state index is 0.0743. The second-order valence-corrected chi connectivity index (χ2v) is 9.38. The first-order valence-electron chi connectivity index (χ1n) is 10.3. The van der Waals surface area contributed by atoms with Crippen LogP contribution >= 0.6 is 0 Å². The number of aromatic nitrogens is 2. The van der Waals surface area contributed by atoms with Crippen LogP contribution in [0.3, 0.4) is 0 Å². The molecule has 3 aromatic rings. The van der Waals surface area contributed by atoms with Gasteiger partial charge in [-0.05, 0) is 38.1 Å². The van der Waals surface area contributed by atoms with Crippen molar-refractivity contribution in [1.29, 1.82) is 0 Å². The van der Waals surface area contributed by atoms with Crippen molar-refractivity contribution in [2.45, 2.75) is 31.7 Å². The van der Waals surface area contributed by atoms with Crippen LogP contribution in [-0.4, -0.2) is 48.4 Å². The molecular formula is C23H25N5O3S. The van der Waals surface area contributed by atoms with Gasteiger partial charge in [0.15, 0.2) is 0 Å². The molecule has 1 N–H and O–H groups in total. The fourth-order valence-electron chi connectivity index (χ4n) is 3.76. The zero-order valence-corrected chi connectivity index (χ0v) is 19.1. The smallest absolute Gasteiger partial charge is 0.263 e. The Labute approximate surface area is 187 Å². The number of carbonyl (C=O) groups is 1. The maximum Gasteiger partial charge on any atom is 0.263 e. The third-order valence-corrected chi connectivity index (χ3v) is 6.92. The molecule has 0 unspecified atom stereocenters. The summed E-state index contributed by atoms with van der Waals surface area (Å²) in [5, 5.41) is 4.63. The number of amides is 1. The Bertz CT molecular complexity index is 1300. The number of carbonyl (C=O) groups excluding carboxylic acids is 1. The molecule has 9 heteroatoms. The molecule has 1 amide bonds. The first kappa shape index (κ1) is 21.8. The summed E-state index contributed by atoms with van der Waals surface area (Å²) in [5.41, 5.74) is 4.39. The first-order chi connectivity index (χ1) is 15.3. The molecule has 1 aromatic heterocycles. The van der Waals surface area contributed by atoms with Crippen LogP contribution in [-0.2, 0) is 21.4 Å². The number of hydrogen-bond donors (Lipinski definition) is 1. The Morgan fingerprint density at radius 2 is 1.78 bits per heavy atom. The number of hydrogen-bond acceptors (Lipinski definition) is 5. The van der Waals surface area contributed by atoms with E-state index in [0.717, 1.165) is 22.6 Å². The standard InChI is InChI=1S/C23H25N5O3S/c1-16-20(17(2)28(25-16)18-9-5-4-6-10-18)15-27(3)22(29)13-14-24-23-19-11-7-8-12-21(19)32(30,31)26-23/h4-12H,13-15H2,1-3H3,(H,24,26). The summed E-state index contributed by atoms with van der Waals surface area (Å²) in [6.07, 6.45) is 0.175. The van der Waals surface area contributed by atoms with E-state index in [4.69, 9.17) is 0 Å². The lowest BCUT2D eigenvalue weighted by molar-refractivity contribution is -0.130. The Kier molecular flexibility index (Phi) is 5.84. The molecular weight excluding hydrogens is 426 g/mol. The van der Waals surface area contributed by atoms with Crippen LogP contribution < -0.4 is 4.72 Å². The molecule has 0 saturated carbocycles.